The summed E-state index contributed by atoms with van der Waals surface area (Å²) in [6.07, 6.45) is 9.52. The van der Waals surface area contributed by atoms with E-state index >= 15 is 0 Å². The lowest BCUT2D eigenvalue weighted by Gasteiger charge is -2.30. The van der Waals surface area contributed by atoms with E-state index in [0.29, 0.717) is 0 Å². The Bertz CT molecular complexity index is 1180. The second-order valence-electron chi connectivity index (χ2n) is 10.8. The molecule has 2 aromatic carbocycles. The van der Waals surface area contributed by atoms with Crippen molar-refractivity contribution in [2.45, 2.75) is 88.0 Å². The van der Waals surface area contributed by atoms with Crippen LogP contribution in [0.3, 0.4) is 0 Å². The van der Waals surface area contributed by atoms with Gasteiger partial charge in [0.2, 0.25) is 0 Å². The van der Waals surface area contributed by atoms with Crippen molar-refractivity contribution in [1.29, 1.82) is 0 Å². The minimum Gasteiger partial charge on any atom is -0.317 e. The fraction of sp³-hybridized carbons (Fsp3) is 0.412. The minimum absolute atomic E-state index is 0.0614. The van der Waals surface area contributed by atoms with Gasteiger partial charge in [0, 0.05) is 17.5 Å². The molecule has 0 aliphatic heterocycles. The van der Waals surface area contributed by atoms with Crippen LogP contribution in [0.2, 0.25) is 0 Å². The zero-order valence-electron chi connectivity index (χ0n) is 24.4. The van der Waals surface area contributed by atoms with Gasteiger partial charge < -0.3 is 4.90 Å². The number of hydrogen-bond acceptors (Lipinski definition) is 1. The van der Waals surface area contributed by atoms with Crippen molar-refractivity contribution in [3.05, 3.63) is 101 Å². The van der Waals surface area contributed by atoms with Crippen molar-refractivity contribution in [2.24, 2.45) is 5.41 Å². The van der Waals surface area contributed by atoms with Gasteiger partial charge in [-0.1, -0.05) is 65.0 Å². The molecule has 0 bridgehead atoms. The molecule has 0 amide bonds. The van der Waals surface area contributed by atoms with Gasteiger partial charge in [-0.3, -0.25) is 0 Å². The third-order valence-corrected chi connectivity index (χ3v) is 7.46. The van der Waals surface area contributed by atoms with Gasteiger partial charge in [-0.15, -0.1) is 0 Å². The third-order valence-electron chi connectivity index (χ3n) is 7.46. The lowest BCUT2D eigenvalue weighted by Crippen LogP contribution is -2.20. The van der Waals surface area contributed by atoms with E-state index in [1.165, 1.54) is 27.8 Å². The first-order valence-electron chi connectivity index (χ1n) is 13.2. The molecule has 0 radical (unpaired) electrons. The normalized spacial score (nSPS) is 18.4. The van der Waals surface area contributed by atoms with E-state index in [1.54, 1.807) is 12.1 Å². The van der Waals surface area contributed by atoms with E-state index in [-0.39, 0.29) is 16.6 Å². The summed E-state index contributed by atoms with van der Waals surface area (Å²) in [5.41, 5.74) is 10.2. The highest BCUT2D eigenvalue weighted by molar-refractivity contribution is 5.86. The number of aryl methyl sites for hydroxylation is 2. The Kier molecular flexibility index (Phi) is 9.34. The van der Waals surface area contributed by atoms with Gasteiger partial charge in [-0.2, -0.15) is 0 Å². The van der Waals surface area contributed by atoms with E-state index in [0.717, 1.165) is 28.9 Å². The number of nitrogens with zero attached hydrogens (tertiary/aromatic N) is 1. The van der Waals surface area contributed by atoms with Gasteiger partial charge in [0.15, 0.2) is 0 Å². The lowest BCUT2D eigenvalue weighted by atomic mass is 9.85. The number of allylic oxidation sites excluding steroid dienone is 5. The van der Waals surface area contributed by atoms with E-state index in [1.807, 2.05) is 32.9 Å². The molecular formula is C34H46FN. The Balaban J connectivity index is 0.00000222. The molecule has 1 unspecified atom stereocenters. The number of anilines is 1. The molecule has 3 rings (SSSR count). The molecule has 1 aliphatic rings. The molecule has 0 saturated heterocycles. The summed E-state index contributed by atoms with van der Waals surface area (Å²) in [6.45, 7) is 27.9. The zero-order valence-corrected chi connectivity index (χ0v) is 24.4. The molecule has 0 N–H and O–H groups in total. The van der Waals surface area contributed by atoms with Crippen molar-refractivity contribution in [1.82, 2.24) is 0 Å². The average Bonchev–Trinajstić information content (AvgIpc) is 3.35. The smallest absolute Gasteiger partial charge is 0.123 e. The van der Waals surface area contributed by atoms with E-state index in [9.17, 15) is 4.39 Å². The third kappa shape index (κ3) is 5.75. The molecule has 0 spiro atoms. The number of rotatable bonds is 7. The molecule has 1 atom stereocenters. The molecule has 0 aromatic heterocycles. The van der Waals surface area contributed by atoms with Gasteiger partial charge in [0.05, 0.1) is 5.69 Å². The highest BCUT2D eigenvalue weighted by Crippen LogP contribution is 2.65. The Morgan fingerprint density at radius 2 is 1.56 bits per heavy atom. The molecule has 1 saturated carbocycles. The number of hydrogen-bond donors (Lipinski definition) is 0. The van der Waals surface area contributed by atoms with Crippen LogP contribution in [0.1, 0.15) is 96.6 Å². The monoisotopic (exact) mass is 487 g/mol. The van der Waals surface area contributed by atoms with E-state index in [4.69, 9.17) is 0 Å². The van der Waals surface area contributed by atoms with E-state index in [2.05, 4.69) is 97.4 Å². The minimum atomic E-state index is -0.192. The second-order valence-corrected chi connectivity index (χ2v) is 10.8. The fourth-order valence-corrected chi connectivity index (χ4v) is 5.25. The van der Waals surface area contributed by atoms with Crippen molar-refractivity contribution in [2.75, 3.05) is 4.90 Å². The predicted molar refractivity (Wildman–Crippen MR) is 159 cm³/mol. The first-order chi connectivity index (χ1) is 16.9. The van der Waals surface area contributed by atoms with Crippen molar-refractivity contribution in [3.8, 4) is 0 Å². The van der Waals surface area contributed by atoms with E-state index < -0.39 is 0 Å². The predicted octanol–water partition coefficient (Wildman–Crippen LogP) is 10.5. The van der Waals surface area contributed by atoms with Crippen LogP contribution in [0.4, 0.5) is 10.1 Å². The van der Waals surface area contributed by atoms with Crippen LogP contribution in [-0.4, -0.2) is 0 Å². The maximum atomic E-state index is 14.4. The highest BCUT2D eigenvalue weighted by Gasteiger charge is 2.59. The first-order valence-corrected chi connectivity index (χ1v) is 13.2. The van der Waals surface area contributed by atoms with Crippen LogP contribution < -0.4 is 4.90 Å². The largest absolute Gasteiger partial charge is 0.317 e. The molecule has 2 heteroatoms. The Morgan fingerprint density at radius 1 is 1.00 bits per heavy atom. The maximum Gasteiger partial charge on any atom is 0.123 e. The lowest BCUT2D eigenvalue weighted by molar-refractivity contribution is 0.523. The van der Waals surface area contributed by atoms with Crippen LogP contribution >= 0.6 is 0 Å². The molecule has 36 heavy (non-hydrogen) atoms. The molecular weight excluding hydrogens is 441 g/mol. The van der Waals surface area contributed by atoms with Crippen LogP contribution in [-0.2, 0) is 5.41 Å². The molecule has 1 nitrogen and oxygen atoms in total. The average molecular weight is 488 g/mol. The maximum absolute atomic E-state index is 14.4. The number of benzene rings is 2. The Labute approximate surface area is 220 Å². The van der Waals surface area contributed by atoms with Crippen LogP contribution in [0.5, 0.6) is 0 Å². The summed E-state index contributed by atoms with van der Waals surface area (Å²) in [7, 11) is 0. The van der Waals surface area contributed by atoms with Gasteiger partial charge in [0.1, 0.15) is 5.82 Å². The van der Waals surface area contributed by atoms with Crippen molar-refractivity contribution in [3.63, 3.8) is 0 Å². The van der Waals surface area contributed by atoms with Crippen LogP contribution in [0.25, 0.3) is 11.3 Å². The summed E-state index contributed by atoms with van der Waals surface area (Å²) in [5, 5.41) is 0. The van der Waals surface area contributed by atoms with Gasteiger partial charge in [-0.05, 0) is 117 Å². The molecule has 194 valence electrons. The van der Waals surface area contributed by atoms with Gasteiger partial charge in [0.25, 0.3) is 0 Å². The summed E-state index contributed by atoms with van der Waals surface area (Å²) in [4.78, 5) is 2.17. The van der Waals surface area contributed by atoms with Gasteiger partial charge in [-0.25, -0.2) is 4.39 Å². The summed E-state index contributed by atoms with van der Waals surface area (Å²) < 4.78 is 14.4. The van der Waals surface area contributed by atoms with Crippen LogP contribution in [0, 0.1) is 25.1 Å². The Morgan fingerprint density at radius 3 is 2.00 bits per heavy atom. The van der Waals surface area contributed by atoms with Gasteiger partial charge >= 0.3 is 0 Å². The first kappa shape index (κ1) is 29.4. The quantitative estimate of drug-likeness (QED) is 0.351. The molecule has 2 aromatic rings. The summed E-state index contributed by atoms with van der Waals surface area (Å²) >= 11 is 0. The second kappa shape index (κ2) is 11.5. The Hall–Kier alpha value is -2.87. The molecule has 0 heterocycles. The standard InChI is InChI=1S/C32H40FN.C2H6/c1-11-15-34(30-22(5)17-26(18-23(30)6)25(12-2)16-21(3)4)24(7)28-14-13-27(33)19-29(28)32(10)20-31(32,8)9;1-2/h11-19H,7,20H2,1-6,8-10H3;1-2H3/b15-11-,25-12+;. The van der Waals surface area contributed by atoms with Crippen molar-refractivity contribution < 1.29 is 4.39 Å². The molecule has 1 fully saturated rings. The number of halogens is 1. The highest BCUT2D eigenvalue weighted by atomic mass is 19.1. The topological polar surface area (TPSA) is 3.24 Å². The fourth-order valence-electron chi connectivity index (χ4n) is 5.25. The SMILES string of the molecule is C=C(c1ccc(F)cc1C1(C)CC1(C)C)N(/C=C\C)c1c(C)cc(/C(C=C(C)C)=C/C)cc1C.CC. The zero-order chi connectivity index (χ0) is 27.4. The summed E-state index contributed by atoms with van der Waals surface area (Å²) in [6, 6.07) is 9.66. The van der Waals surface area contributed by atoms with Crippen molar-refractivity contribution >= 4 is 17.0 Å². The van der Waals surface area contributed by atoms with Crippen LogP contribution in [0.15, 0.2) is 66.9 Å². The molecule has 1 aliphatic carbocycles. The summed E-state index contributed by atoms with van der Waals surface area (Å²) in [5.74, 6) is -0.192.